The zero-order chi connectivity index (χ0) is 14.3. The third kappa shape index (κ3) is 2.32. The minimum absolute atomic E-state index is 0.310. The first kappa shape index (κ1) is 13.9. The van der Waals surface area contributed by atoms with Gasteiger partial charge in [-0.15, -0.1) is 11.3 Å². The predicted octanol–water partition coefficient (Wildman–Crippen LogP) is 2.56. The fraction of sp³-hybridized carbons (Fsp3) is 0.538. The second kappa shape index (κ2) is 5.35. The number of hydrogen-bond acceptors (Lipinski definition) is 6. The van der Waals surface area contributed by atoms with Crippen molar-refractivity contribution in [1.82, 2.24) is 9.97 Å². The monoisotopic (exact) mass is 312 g/mol. The van der Waals surface area contributed by atoms with Crippen LogP contribution in [0.2, 0.25) is 5.28 Å². The van der Waals surface area contributed by atoms with E-state index in [4.69, 9.17) is 16.3 Å². The van der Waals surface area contributed by atoms with Crippen LogP contribution in [0.15, 0.2) is 0 Å². The molecule has 0 radical (unpaired) electrons. The molecule has 0 aliphatic carbocycles. The highest BCUT2D eigenvalue weighted by molar-refractivity contribution is 7.23. The zero-order valence-corrected chi connectivity index (χ0v) is 13.4. The molecule has 5 nitrogen and oxygen atoms in total. The number of ether oxygens (including phenoxy) is 1. The minimum atomic E-state index is 0.310. The lowest BCUT2D eigenvalue weighted by Gasteiger charge is -2.28. The Morgan fingerprint density at radius 3 is 2.60 bits per heavy atom. The predicted molar refractivity (Wildman–Crippen MR) is 84.5 cm³/mol. The fourth-order valence-corrected chi connectivity index (χ4v) is 3.80. The van der Waals surface area contributed by atoms with Crippen molar-refractivity contribution in [1.29, 1.82) is 0 Å². The van der Waals surface area contributed by atoms with E-state index in [-0.39, 0.29) is 0 Å². The van der Waals surface area contributed by atoms with Gasteiger partial charge in [0, 0.05) is 32.7 Å². The number of anilines is 2. The molecular weight excluding hydrogens is 296 g/mol. The first-order valence-corrected chi connectivity index (χ1v) is 7.74. The lowest BCUT2D eigenvalue weighted by Crippen LogP contribution is -2.36. The molecule has 3 heterocycles. The van der Waals surface area contributed by atoms with Crippen LogP contribution in [0.4, 0.5) is 10.8 Å². The number of nitrogens with zero attached hydrogens (tertiary/aromatic N) is 4. The molecule has 0 saturated carbocycles. The Balaban J connectivity index is 2.17. The third-order valence-electron chi connectivity index (χ3n) is 3.41. The van der Waals surface area contributed by atoms with E-state index in [0.717, 1.165) is 47.9 Å². The molecule has 2 aromatic heterocycles. The molecule has 0 amide bonds. The number of hydrogen-bond donors (Lipinski definition) is 0. The Morgan fingerprint density at radius 1 is 1.25 bits per heavy atom. The van der Waals surface area contributed by atoms with E-state index in [1.807, 2.05) is 14.1 Å². The minimum Gasteiger partial charge on any atom is -0.378 e. The maximum atomic E-state index is 6.11. The highest BCUT2D eigenvalue weighted by Gasteiger charge is 2.21. The lowest BCUT2D eigenvalue weighted by atomic mass is 10.2. The molecule has 108 valence electrons. The maximum Gasteiger partial charge on any atom is 0.224 e. The molecule has 0 bridgehead atoms. The number of halogens is 1. The molecule has 20 heavy (non-hydrogen) atoms. The highest BCUT2D eigenvalue weighted by Crippen LogP contribution is 2.40. The average molecular weight is 313 g/mol. The normalized spacial score (nSPS) is 15.9. The van der Waals surface area contributed by atoms with E-state index in [2.05, 4.69) is 26.7 Å². The van der Waals surface area contributed by atoms with Crippen LogP contribution in [0.25, 0.3) is 10.2 Å². The molecule has 0 spiro atoms. The van der Waals surface area contributed by atoms with Crippen molar-refractivity contribution in [2.75, 3.05) is 50.2 Å². The highest BCUT2D eigenvalue weighted by atomic mass is 35.5. The standard InChI is InChI=1S/C13H17ClN4OS/c1-8-9-10(20-12(8)17(2)3)11(16-13(14)15-9)18-4-6-19-7-5-18/h4-7H2,1-3H3. The number of rotatable bonds is 2. The molecule has 1 fully saturated rings. The van der Waals surface area contributed by atoms with Gasteiger partial charge in [-0.25, -0.2) is 4.98 Å². The molecule has 1 saturated heterocycles. The molecule has 0 aromatic carbocycles. The van der Waals surface area contributed by atoms with Crippen LogP contribution in [-0.2, 0) is 4.74 Å². The second-order valence-electron chi connectivity index (χ2n) is 5.02. The fourth-order valence-electron chi connectivity index (χ4n) is 2.45. The van der Waals surface area contributed by atoms with E-state index in [0.29, 0.717) is 5.28 Å². The second-order valence-corrected chi connectivity index (χ2v) is 6.36. The Labute approximate surface area is 127 Å². The van der Waals surface area contributed by atoms with Gasteiger partial charge in [-0.3, -0.25) is 0 Å². The Kier molecular flexibility index (Phi) is 3.70. The number of aryl methyl sites for hydroxylation is 1. The van der Waals surface area contributed by atoms with Crippen molar-refractivity contribution < 1.29 is 4.74 Å². The molecule has 1 aliphatic heterocycles. The summed E-state index contributed by atoms with van der Waals surface area (Å²) in [7, 11) is 4.09. The van der Waals surface area contributed by atoms with Gasteiger partial charge in [-0.2, -0.15) is 4.98 Å². The van der Waals surface area contributed by atoms with Gasteiger partial charge >= 0.3 is 0 Å². The number of aromatic nitrogens is 2. The van der Waals surface area contributed by atoms with Crippen LogP contribution in [0.5, 0.6) is 0 Å². The van der Waals surface area contributed by atoms with Gasteiger partial charge < -0.3 is 14.5 Å². The Hall–Kier alpha value is -1.11. The van der Waals surface area contributed by atoms with Gasteiger partial charge in [0.15, 0.2) is 5.82 Å². The summed E-state index contributed by atoms with van der Waals surface area (Å²) in [4.78, 5) is 13.2. The van der Waals surface area contributed by atoms with Crippen molar-refractivity contribution in [3.05, 3.63) is 10.8 Å². The van der Waals surface area contributed by atoms with Gasteiger partial charge in [-0.1, -0.05) is 0 Å². The Morgan fingerprint density at radius 2 is 1.95 bits per heavy atom. The van der Waals surface area contributed by atoms with Crippen molar-refractivity contribution in [3.63, 3.8) is 0 Å². The molecule has 2 aromatic rings. The van der Waals surface area contributed by atoms with Crippen LogP contribution in [0, 0.1) is 6.92 Å². The molecule has 3 rings (SSSR count). The van der Waals surface area contributed by atoms with E-state index >= 15 is 0 Å². The first-order chi connectivity index (χ1) is 9.58. The summed E-state index contributed by atoms with van der Waals surface area (Å²) in [6.07, 6.45) is 0. The van der Waals surface area contributed by atoms with Crippen molar-refractivity contribution >= 4 is 44.0 Å². The van der Waals surface area contributed by atoms with Gasteiger partial charge in [0.1, 0.15) is 0 Å². The van der Waals surface area contributed by atoms with Crippen LogP contribution >= 0.6 is 22.9 Å². The molecule has 7 heteroatoms. The Bertz CT molecular complexity index is 637. The number of fused-ring (bicyclic) bond motifs is 1. The summed E-state index contributed by atoms with van der Waals surface area (Å²) in [6.45, 7) is 5.23. The molecule has 0 atom stereocenters. The van der Waals surface area contributed by atoms with E-state index in [1.165, 1.54) is 5.00 Å². The van der Waals surface area contributed by atoms with Crippen molar-refractivity contribution in [3.8, 4) is 0 Å². The van der Waals surface area contributed by atoms with Crippen molar-refractivity contribution in [2.45, 2.75) is 6.92 Å². The van der Waals surface area contributed by atoms with Crippen LogP contribution in [0.1, 0.15) is 5.56 Å². The smallest absolute Gasteiger partial charge is 0.224 e. The lowest BCUT2D eigenvalue weighted by molar-refractivity contribution is 0.122. The SMILES string of the molecule is Cc1c(N(C)C)sc2c(N3CCOCC3)nc(Cl)nc12. The molecule has 0 unspecified atom stereocenters. The summed E-state index contributed by atoms with van der Waals surface area (Å²) in [6, 6.07) is 0. The average Bonchev–Trinajstić information content (AvgIpc) is 2.77. The summed E-state index contributed by atoms with van der Waals surface area (Å²) in [5.74, 6) is 0.935. The van der Waals surface area contributed by atoms with Crippen LogP contribution < -0.4 is 9.80 Å². The van der Waals surface area contributed by atoms with Gasteiger partial charge in [-0.05, 0) is 18.5 Å². The number of morpholine rings is 1. The van der Waals surface area contributed by atoms with Crippen LogP contribution in [-0.4, -0.2) is 50.4 Å². The third-order valence-corrected chi connectivity index (χ3v) is 5.03. The maximum absolute atomic E-state index is 6.11. The van der Waals surface area contributed by atoms with Crippen molar-refractivity contribution in [2.24, 2.45) is 0 Å². The van der Waals surface area contributed by atoms with E-state index < -0.39 is 0 Å². The first-order valence-electron chi connectivity index (χ1n) is 6.54. The van der Waals surface area contributed by atoms with E-state index in [1.54, 1.807) is 11.3 Å². The van der Waals surface area contributed by atoms with Gasteiger partial charge in [0.25, 0.3) is 0 Å². The summed E-state index contributed by atoms with van der Waals surface area (Å²) < 4.78 is 6.52. The topological polar surface area (TPSA) is 41.5 Å². The summed E-state index contributed by atoms with van der Waals surface area (Å²) in [5.41, 5.74) is 2.12. The van der Waals surface area contributed by atoms with Gasteiger partial charge in [0.05, 0.1) is 28.4 Å². The van der Waals surface area contributed by atoms with E-state index in [9.17, 15) is 0 Å². The van der Waals surface area contributed by atoms with Crippen LogP contribution in [0.3, 0.4) is 0 Å². The zero-order valence-electron chi connectivity index (χ0n) is 11.8. The largest absolute Gasteiger partial charge is 0.378 e. The molecule has 0 N–H and O–H groups in total. The number of thiophene rings is 1. The summed E-state index contributed by atoms with van der Waals surface area (Å²) in [5, 5.41) is 1.51. The molecule has 1 aliphatic rings. The molecular formula is C13H17ClN4OS. The van der Waals surface area contributed by atoms with Gasteiger partial charge in [0.2, 0.25) is 5.28 Å². The summed E-state index contributed by atoms with van der Waals surface area (Å²) >= 11 is 7.84. The quantitative estimate of drug-likeness (QED) is 0.797.